The highest BCUT2D eigenvalue weighted by Gasteiger charge is 2.36. The normalized spacial score (nSPS) is 20.0. The summed E-state index contributed by atoms with van der Waals surface area (Å²) in [5.74, 6) is 0.676. The van der Waals surface area contributed by atoms with Crippen LogP contribution in [0, 0.1) is 12.8 Å². The maximum absolute atomic E-state index is 12.2. The number of sulfonamides is 1. The average molecular weight is 407 g/mol. The molecule has 0 aliphatic carbocycles. The first kappa shape index (κ1) is 20.3. The van der Waals surface area contributed by atoms with E-state index in [-0.39, 0.29) is 11.5 Å². The van der Waals surface area contributed by atoms with Gasteiger partial charge in [0.25, 0.3) is 0 Å². The summed E-state index contributed by atoms with van der Waals surface area (Å²) in [7, 11) is -0.420. The fourth-order valence-corrected chi connectivity index (χ4v) is 4.24. The number of aliphatic hydroxyl groups is 1. The molecule has 28 heavy (non-hydrogen) atoms. The molecule has 0 unspecified atom stereocenters. The Labute approximate surface area is 164 Å². The van der Waals surface area contributed by atoms with E-state index in [1.165, 1.54) is 18.4 Å². The lowest BCUT2D eigenvalue weighted by molar-refractivity contribution is 0.157. The number of rotatable bonds is 6. The Bertz CT molecular complexity index is 933. The first-order valence-corrected chi connectivity index (χ1v) is 10.5. The lowest BCUT2D eigenvalue weighted by atomic mass is 10.1. The van der Waals surface area contributed by atoms with Gasteiger partial charge in [0, 0.05) is 50.6 Å². The highest BCUT2D eigenvalue weighted by Crippen LogP contribution is 2.26. The number of benzene rings is 1. The second-order valence-electron chi connectivity index (χ2n) is 7.16. The largest absolute Gasteiger partial charge is 0.508 e. The van der Waals surface area contributed by atoms with Crippen LogP contribution >= 0.6 is 0 Å². The van der Waals surface area contributed by atoms with Gasteiger partial charge in [0.2, 0.25) is 16.0 Å². The fourth-order valence-electron chi connectivity index (χ4n) is 3.07. The topological polar surface area (TPSA) is 119 Å². The summed E-state index contributed by atoms with van der Waals surface area (Å²) in [6.45, 7) is 2.54. The number of hydrogen-bond donors (Lipinski definition) is 3. The molecule has 0 radical (unpaired) electrons. The lowest BCUT2D eigenvalue weighted by Crippen LogP contribution is -2.33. The van der Waals surface area contributed by atoms with Gasteiger partial charge in [-0.1, -0.05) is 0 Å². The van der Waals surface area contributed by atoms with Crippen molar-refractivity contribution in [2.75, 3.05) is 43.2 Å². The van der Waals surface area contributed by atoms with E-state index in [1.807, 2.05) is 11.8 Å². The van der Waals surface area contributed by atoms with Crippen molar-refractivity contribution < 1.29 is 18.6 Å². The van der Waals surface area contributed by atoms with Gasteiger partial charge in [-0.3, -0.25) is 0 Å². The second kappa shape index (κ2) is 7.90. The third kappa shape index (κ3) is 4.70. The zero-order valence-corrected chi connectivity index (χ0v) is 16.9. The Hall–Kier alpha value is -2.43. The van der Waals surface area contributed by atoms with Crippen LogP contribution in [0.25, 0.3) is 0 Å². The summed E-state index contributed by atoms with van der Waals surface area (Å²) < 4.78 is 25.5. The Morgan fingerprint density at radius 3 is 2.54 bits per heavy atom. The molecule has 1 aromatic heterocycles. The van der Waals surface area contributed by atoms with E-state index in [2.05, 4.69) is 15.3 Å². The number of aryl methyl sites for hydroxylation is 1. The quantitative estimate of drug-likeness (QED) is 0.605. The number of aliphatic hydroxyl groups excluding tert-OH is 1. The maximum atomic E-state index is 12.2. The fraction of sp³-hybridized carbons (Fsp3) is 0.444. The first-order valence-electron chi connectivity index (χ1n) is 8.89. The van der Waals surface area contributed by atoms with Crippen molar-refractivity contribution >= 4 is 27.5 Å². The van der Waals surface area contributed by atoms with Gasteiger partial charge in [0.15, 0.2) is 0 Å². The standard InChI is InChI=1S/C18H25N5O4S/c1-12-8-17(21-18(19-12)20-14-4-6-15(24)7-5-14)23-9-13(16(25)10-23)11-28(26,27)22(2)3/h4-8,13,16,24-25H,9-11H2,1-3H3,(H,19,20,21)/t13-,16-/m0/s1. The number of nitrogens with zero attached hydrogens (tertiary/aromatic N) is 4. The van der Waals surface area contributed by atoms with E-state index in [0.717, 1.165) is 11.4 Å². The van der Waals surface area contributed by atoms with Gasteiger partial charge in [-0.2, -0.15) is 4.98 Å². The van der Waals surface area contributed by atoms with Gasteiger partial charge in [-0.25, -0.2) is 17.7 Å². The van der Waals surface area contributed by atoms with E-state index in [1.54, 1.807) is 30.3 Å². The summed E-state index contributed by atoms with van der Waals surface area (Å²) in [6, 6.07) is 8.35. The highest BCUT2D eigenvalue weighted by molar-refractivity contribution is 7.89. The van der Waals surface area contributed by atoms with E-state index in [9.17, 15) is 18.6 Å². The molecule has 1 fully saturated rings. The lowest BCUT2D eigenvalue weighted by Gasteiger charge is -2.19. The maximum Gasteiger partial charge on any atom is 0.229 e. The predicted octanol–water partition coefficient (Wildman–Crippen LogP) is 0.923. The summed E-state index contributed by atoms with van der Waals surface area (Å²) in [5, 5.41) is 22.8. The van der Waals surface area contributed by atoms with Crippen molar-refractivity contribution in [3.63, 3.8) is 0 Å². The van der Waals surface area contributed by atoms with Gasteiger partial charge >= 0.3 is 0 Å². The summed E-state index contributed by atoms with van der Waals surface area (Å²) in [6.07, 6.45) is -0.751. The highest BCUT2D eigenvalue weighted by atomic mass is 32.2. The van der Waals surface area contributed by atoms with Crippen LogP contribution in [-0.2, 0) is 10.0 Å². The van der Waals surface area contributed by atoms with Crippen molar-refractivity contribution in [1.29, 1.82) is 0 Å². The number of anilines is 3. The Kier molecular flexibility index (Phi) is 5.73. The van der Waals surface area contributed by atoms with Crippen molar-refractivity contribution in [3.05, 3.63) is 36.0 Å². The summed E-state index contributed by atoms with van der Waals surface area (Å²) in [4.78, 5) is 10.7. The van der Waals surface area contributed by atoms with Crippen LogP contribution in [0.3, 0.4) is 0 Å². The number of phenols is 1. The van der Waals surface area contributed by atoms with Gasteiger partial charge in [0.1, 0.15) is 11.6 Å². The van der Waals surface area contributed by atoms with Crippen LogP contribution < -0.4 is 10.2 Å². The molecular weight excluding hydrogens is 382 g/mol. The van der Waals surface area contributed by atoms with Crippen LogP contribution in [0.4, 0.5) is 17.5 Å². The van der Waals surface area contributed by atoms with E-state index in [4.69, 9.17) is 0 Å². The minimum Gasteiger partial charge on any atom is -0.508 e. The van der Waals surface area contributed by atoms with Crippen molar-refractivity contribution in [2.45, 2.75) is 13.0 Å². The Morgan fingerprint density at radius 2 is 1.89 bits per heavy atom. The molecule has 3 rings (SSSR count). The molecule has 1 aliphatic rings. The number of aromatic nitrogens is 2. The zero-order chi connectivity index (χ0) is 20.5. The van der Waals surface area contributed by atoms with Gasteiger partial charge in [-0.05, 0) is 31.2 Å². The smallest absolute Gasteiger partial charge is 0.229 e. The molecule has 0 saturated carbocycles. The molecule has 3 N–H and O–H groups in total. The van der Waals surface area contributed by atoms with Gasteiger partial charge in [-0.15, -0.1) is 0 Å². The number of phenolic OH excluding ortho intramolecular Hbond substituents is 1. The SMILES string of the molecule is Cc1cc(N2C[C@@H](CS(=O)(=O)N(C)C)[C@@H](O)C2)nc(Nc2ccc(O)cc2)n1. The molecular formula is C18H25N5O4S. The molecule has 0 spiro atoms. The van der Waals surface area contributed by atoms with E-state index in [0.29, 0.717) is 24.9 Å². The number of hydrogen-bond acceptors (Lipinski definition) is 8. The molecule has 2 atom stereocenters. The molecule has 9 nitrogen and oxygen atoms in total. The van der Waals surface area contributed by atoms with Crippen LogP contribution in [0.1, 0.15) is 5.69 Å². The molecule has 1 aliphatic heterocycles. The minimum absolute atomic E-state index is 0.111. The monoisotopic (exact) mass is 407 g/mol. The van der Waals surface area contributed by atoms with Crippen LogP contribution in [0.15, 0.2) is 30.3 Å². The minimum atomic E-state index is -3.40. The van der Waals surface area contributed by atoms with Crippen LogP contribution in [0.5, 0.6) is 5.75 Å². The zero-order valence-electron chi connectivity index (χ0n) is 16.1. The molecule has 2 aromatic rings. The number of β-amino-alcohol motifs (C(OH)–C–C–N with tert-alkyl or cyclic N) is 1. The molecule has 1 saturated heterocycles. The van der Waals surface area contributed by atoms with Gasteiger partial charge < -0.3 is 20.4 Å². The first-order chi connectivity index (χ1) is 13.1. The van der Waals surface area contributed by atoms with Gasteiger partial charge in [0.05, 0.1) is 11.9 Å². The Balaban J connectivity index is 1.76. The molecule has 10 heteroatoms. The van der Waals surface area contributed by atoms with Crippen molar-refractivity contribution in [1.82, 2.24) is 14.3 Å². The molecule has 152 valence electrons. The number of aromatic hydroxyl groups is 1. The average Bonchev–Trinajstić information content (AvgIpc) is 2.96. The predicted molar refractivity (Wildman–Crippen MR) is 107 cm³/mol. The van der Waals surface area contributed by atoms with E-state index < -0.39 is 22.0 Å². The molecule has 0 bridgehead atoms. The third-order valence-electron chi connectivity index (χ3n) is 4.68. The molecule has 0 amide bonds. The van der Waals surface area contributed by atoms with Crippen molar-refractivity contribution in [3.8, 4) is 5.75 Å². The van der Waals surface area contributed by atoms with Crippen molar-refractivity contribution in [2.24, 2.45) is 5.92 Å². The molecule has 1 aromatic carbocycles. The van der Waals surface area contributed by atoms with Crippen LogP contribution in [-0.4, -0.2) is 71.9 Å². The summed E-state index contributed by atoms with van der Waals surface area (Å²) in [5.41, 5.74) is 1.47. The Morgan fingerprint density at radius 1 is 1.21 bits per heavy atom. The number of nitrogens with one attached hydrogen (secondary N) is 1. The van der Waals surface area contributed by atoms with Crippen LogP contribution in [0.2, 0.25) is 0 Å². The second-order valence-corrected chi connectivity index (χ2v) is 9.38. The molecule has 2 heterocycles. The van der Waals surface area contributed by atoms with E-state index >= 15 is 0 Å². The summed E-state index contributed by atoms with van der Waals surface area (Å²) >= 11 is 0. The third-order valence-corrected chi connectivity index (χ3v) is 6.64.